The number of guanidine groups is 1. The number of aliphatic imine (C=N–C) groups is 1. The SMILES string of the molecule is CN=C(NCc1cccc(NC(=O)c2ccco2)c1)N1CCOC(C2CCCO2)C1. The molecule has 2 aromatic rings. The van der Waals surface area contributed by atoms with Gasteiger partial charge in [-0.05, 0) is 42.7 Å². The van der Waals surface area contributed by atoms with Gasteiger partial charge in [-0.25, -0.2) is 0 Å². The number of nitrogens with zero attached hydrogens (tertiary/aromatic N) is 2. The number of hydrogen-bond acceptors (Lipinski definition) is 5. The largest absolute Gasteiger partial charge is 0.459 e. The third kappa shape index (κ3) is 5.01. The third-order valence-electron chi connectivity index (χ3n) is 5.36. The number of anilines is 1. The fraction of sp³-hybridized carbons (Fsp3) is 0.455. The Kier molecular flexibility index (Phi) is 6.66. The Bertz CT molecular complexity index is 862. The lowest BCUT2D eigenvalue weighted by Gasteiger charge is -2.37. The van der Waals surface area contributed by atoms with Crippen LogP contribution in [0.25, 0.3) is 0 Å². The molecule has 30 heavy (non-hydrogen) atoms. The first kappa shape index (κ1) is 20.4. The number of benzene rings is 1. The molecule has 1 amide bonds. The molecule has 1 aromatic heterocycles. The predicted molar refractivity (Wildman–Crippen MR) is 114 cm³/mol. The van der Waals surface area contributed by atoms with Crippen LogP contribution in [0.3, 0.4) is 0 Å². The normalized spacial score (nSPS) is 22.2. The number of carbonyl (C=O) groups excluding carboxylic acids is 1. The zero-order valence-electron chi connectivity index (χ0n) is 17.2. The first-order valence-corrected chi connectivity index (χ1v) is 10.4. The van der Waals surface area contributed by atoms with Gasteiger partial charge in [0.2, 0.25) is 0 Å². The van der Waals surface area contributed by atoms with Crippen molar-refractivity contribution in [3.05, 3.63) is 54.0 Å². The molecule has 8 heteroatoms. The van der Waals surface area contributed by atoms with Gasteiger partial charge in [0.1, 0.15) is 6.10 Å². The first-order valence-electron chi connectivity index (χ1n) is 10.4. The smallest absolute Gasteiger partial charge is 0.291 e. The molecule has 160 valence electrons. The molecule has 0 saturated carbocycles. The summed E-state index contributed by atoms with van der Waals surface area (Å²) in [6.45, 7) is 3.65. The lowest BCUT2D eigenvalue weighted by Crippen LogP contribution is -2.53. The fourth-order valence-corrected chi connectivity index (χ4v) is 3.86. The van der Waals surface area contributed by atoms with E-state index in [9.17, 15) is 4.79 Å². The summed E-state index contributed by atoms with van der Waals surface area (Å²) in [6.07, 6.45) is 3.90. The fourth-order valence-electron chi connectivity index (χ4n) is 3.86. The van der Waals surface area contributed by atoms with Gasteiger partial charge < -0.3 is 29.4 Å². The molecule has 3 heterocycles. The Hall–Kier alpha value is -2.84. The number of carbonyl (C=O) groups is 1. The molecular weight excluding hydrogens is 384 g/mol. The van der Waals surface area contributed by atoms with Crippen LogP contribution in [-0.4, -0.2) is 62.3 Å². The van der Waals surface area contributed by atoms with Crippen LogP contribution in [0.4, 0.5) is 5.69 Å². The second-order valence-electron chi connectivity index (χ2n) is 7.44. The quantitative estimate of drug-likeness (QED) is 0.580. The molecule has 4 rings (SSSR count). The number of nitrogens with one attached hydrogen (secondary N) is 2. The molecule has 0 aliphatic carbocycles. The molecule has 2 atom stereocenters. The highest BCUT2D eigenvalue weighted by Crippen LogP contribution is 2.21. The molecule has 8 nitrogen and oxygen atoms in total. The zero-order chi connectivity index (χ0) is 20.8. The summed E-state index contributed by atoms with van der Waals surface area (Å²) in [4.78, 5) is 18.8. The topological polar surface area (TPSA) is 88.3 Å². The zero-order valence-corrected chi connectivity index (χ0v) is 17.2. The standard InChI is InChI=1S/C22H28N4O4/c1-23-22(26-9-12-30-20(15-26)18-7-3-10-28-18)24-14-16-5-2-6-17(13-16)25-21(27)19-8-4-11-29-19/h2,4-6,8,11,13,18,20H,3,7,9-10,12,14-15H2,1H3,(H,23,24)(H,25,27). The maximum Gasteiger partial charge on any atom is 0.291 e. The van der Waals surface area contributed by atoms with Crippen molar-refractivity contribution in [2.45, 2.75) is 31.6 Å². The average Bonchev–Trinajstić information content (AvgIpc) is 3.49. The Labute approximate surface area is 176 Å². The molecule has 0 radical (unpaired) electrons. The maximum atomic E-state index is 12.2. The van der Waals surface area contributed by atoms with Crippen LogP contribution in [0.5, 0.6) is 0 Å². The van der Waals surface area contributed by atoms with Gasteiger partial charge in [-0.3, -0.25) is 9.79 Å². The molecular formula is C22H28N4O4. The average molecular weight is 412 g/mol. The van der Waals surface area contributed by atoms with Crippen molar-refractivity contribution in [1.29, 1.82) is 0 Å². The molecule has 2 saturated heterocycles. The summed E-state index contributed by atoms with van der Waals surface area (Å²) in [5.74, 6) is 0.854. The monoisotopic (exact) mass is 412 g/mol. The van der Waals surface area contributed by atoms with Crippen LogP contribution in [0.15, 0.2) is 52.1 Å². The summed E-state index contributed by atoms with van der Waals surface area (Å²) in [7, 11) is 1.79. The molecule has 2 fully saturated rings. The van der Waals surface area contributed by atoms with Crippen LogP contribution in [-0.2, 0) is 16.0 Å². The summed E-state index contributed by atoms with van der Waals surface area (Å²) >= 11 is 0. The molecule has 0 bridgehead atoms. The van der Waals surface area contributed by atoms with Crippen LogP contribution in [0.2, 0.25) is 0 Å². The summed E-state index contributed by atoms with van der Waals surface area (Å²) in [5, 5.41) is 6.28. The molecule has 0 spiro atoms. The molecule has 2 aliphatic heterocycles. The number of ether oxygens (including phenoxy) is 2. The van der Waals surface area contributed by atoms with Gasteiger partial charge in [-0.1, -0.05) is 12.1 Å². The Morgan fingerprint density at radius 2 is 2.10 bits per heavy atom. The van der Waals surface area contributed by atoms with Crippen LogP contribution < -0.4 is 10.6 Å². The van der Waals surface area contributed by atoms with E-state index in [0.717, 1.165) is 49.7 Å². The number of hydrogen-bond donors (Lipinski definition) is 2. The highest BCUT2D eigenvalue weighted by molar-refractivity contribution is 6.02. The van der Waals surface area contributed by atoms with Crippen molar-refractivity contribution in [2.24, 2.45) is 4.99 Å². The second-order valence-corrected chi connectivity index (χ2v) is 7.44. The van der Waals surface area contributed by atoms with E-state index in [1.165, 1.54) is 6.26 Å². The minimum absolute atomic E-state index is 0.0833. The van der Waals surface area contributed by atoms with Gasteiger partial charge in [-0.2, -0.15) is 0 Å². The van der Waals surface area contributed by atoms with Crippen LogP contribution in [0.1, 0.15) is 29.0 Å². The van der Waals surface area contributed by atoms with E-state index in [4.69, 9.17) is 13.9 Å². The van der Waals surface area contributed by atoms with E-state index < -0.39 is 0 Å². The van der Waals surface area contributed by atoms with Gasteiger partial charge in [0.15, 0.2) is 11.7 Å². The van der Waals surface area contributed by atoms with Crippen molar-refractivity contribution < 1.29 is 18.7 Å². The van der Waals surface area contributed by atoms with Gasteiger partial charge in [0.05, 0.1) is 19.0 Å². The maximum absolute atomic E-state index is 12.2. The first-order chi connectivity index (χ1) is 14.7. The van der Waals surface area contributed by atoms with E-state index in [2.05, 4.69) is 20.5 Å². The van der Waals surface area contributed by atoms with Gasteiger partial charge in [0, 0.05) is 39.0 Å². The highest BCUT2D eigenvalue weighted by Gasteiger charge is 2.32. The number of furan rings is 1. The Morgan fingerprint density at radius 1 is 1.20 bits per heavy atom. The van der Waals surface area contributed by atoms with E-state index in [1.807, 2.05) is 24.3 Å². The van der Waals surface area contributed by atoms with E-state index >= 15 is 0 Å². The molecule has 2 N–H and O–H groups in total. The van der Waals surface area contributed by atoms with E-state index in [1.54, 1.807) is 19.2 Å². The molecule has 1 aromatic carbocycles. The van der Waals surface area contributed by atoms with E-state index in [0.29, 0.717) is 13.2 Å². The molecule has 2 unspecified atom stereocenters. The van der Waals surface area contributed by atoms with Crippen molar-refractivity contribution in [3.8, 4) is 0 Å². The predicted octanol–water partition coefficient (Wildman–Crippen LogP) is 2.49. The summed E-state index contributed by atoms with van der Waals surface area (Å²) in [6, 6.07) is 11.0. The minimum Gasteiger partial charge on any atom is -0.459 e. The van der Waals surface area contributed by atoms with E-state index in [-0.39, 0.29) is 23.9 Å². The van der Waals surface area contributed by atoms with Gasteiger partial charge in [0.25, 0.3) is 5.91 Å². The number of rotatable bonds is 5. The van der Waals surface area contributed by atoms with Crippen molar-refractivity contribution in [3.63, 3.8) is 0 Å². The summed E-state index contributed by atoms with van der Waals surface area (Å²) < 4.78 is 16.9. The Morgan fingerprint density at radius 3 is 2.87 bits per heavy atom. The number of morpholine rings is 1. The van der Waals surface area contributed by atoms with Crippen molar-refractivity contribution >= 4 is 17.6 Å². The highest BCUT2D eigenvalue weighted by atomic mass is 16.5. The minimum atomic E-state index is -0.269. The van der Waals surface area contributed by atoms with Crippen molar-refractivity contribution in [2.75, 3.05) is 38.7 Å². The third-order valence-corrected chi connectivity index (χ3v) is 5.36. The van der Waals surface area contributed by atoms with Crippen molar-refractivity contribution in [1.82, 2.24) is 10.2 Å². The summed E-state index contributed by atoms with van der Waals surface area (Å²) in [5.41, 5.74) is 1.76. The molecule has 2 aliphatic rings. The second kappa shape index (κ2) is 9.77. The number of amides is 1. The Balaban J connectivity index is 1.33. The van der Waals surface area contributed by atoms with Gasteiger partial charge >= 0.3 is 0 Å². The van der Waals surface area contributed by atoms with Crippen LogP contribution >= 0.6 is 0 Å². The lowest BCUT2D eigenvalue weighted by atomic mass is 10.1. The van der Waals surface area contributed by atoms with Crippen LogP contribution in [0, 0.1) is 0 Å². The lowest BCUT2D eigenvalue weighted by molar-refractivity contribution is -0.0817. The van der Waals surface area contributed by atoms with Gasteiger partial charge in [-0.15, -0.1) is 0 Å².